The smallest absolute Gasteiger partial charge is 0.416 e. The van der Waals surface area contributed by atoms with E-state index < -0.39 is 11.7 Å². The molecule has 2 heterocycles. The van der Waals surface area contributed by atoms with Crippen LogP contribution in [0.1, 0.15) is 35.1 Å². The van der Waals surface area contributed by atoms with Crippen molar-refractivity contribution in [1.82, 2.24) is 20.4 Å². The van der Waals surface area contributed by atoms with Crippen LogP contribution in [0.25, 0.3) is 0 Å². The van der Waals surface area contributed by atoms with Gasteiger partial charge < -0.3 is 15.1 Å². The van der Waals surface area contributed by atoms with Crippen LogP contribution in [-0.4, -0.2) is 22.3 Å². The summed E-state index contributed by atoms with van der Waals surface area (Å²) in [5.41, 5.74) is 1.84. The first-order chi connectivity index (χ1) is 14.8. The molecule has 0 amide bonds. The molecule has 0 aliphatic carbocycles. The van der Waals surface area contributed by atoms with Gasteiger partial charge >= 0.3 is 6.18 Å². The number of hydrogen-bond acceptors (Lipinski definition) is 3. The Morgan fingerprint density at radius 3 is 2.74 bits per heavy atom. The SMILES string of the molecule is CCc1nn(C)cc1CNC(=NCc1cccc(C(F)(F)F)c1)NCCc1ccco1. The topological polar surface area (TPSA) is 67.4 Å². The fourth-order valence-electron chi connectivity index (χ4n) is 3.16. The minimum absolute atomic E-state index is 0.119. The highest BCUT2D eigenvalue weighted by Gasteiger charge is 2.30. The predicted molar refractivity (Wildman–Crippen MR) is 112 cm³/mol. The Morgan fingerprint density at radius 1 is 1.19 bits per heavy atom. The zero-order valence-corrected chi connectivity index (χ0v) is 17.5. The van der Waals surface area contributed by atoms with Crippen molar-refractivity contribution in [3.63, 3.8) is 0 Å². The zero-order valence-electron chi connectivity index (χ0n) is 17.5. The van der Waals surface area contributed by atoms with Gasteiger partial charge in [-0.3, -0.25) is 4.68 Å². The molecule has 9 heteroatoms. The van der Waals surface area contributed by atoms with Gasteiger partial charge in [-0.1, -0.05) is 19.1 Å². The van der Waals surface area contributed by atoms with Crippen LogP contribution in [0.4, 0.5) is 13.2 Å². The van der Waals surface area contributed by atoms with Crippen LogP contribution in [0, 0.1) is 0 Å². The molecular formula is C22H26F3N5O. The number of hydrogen-bond donors (Lipinski definition) is 2. The number of nitrogens with zero attached hydrogens (tertiary/aromatic N) is 3. The second-order valence-corrected chi connectivity index (χ2v) is 7.10. The van der Waals surface area contributed by atoms with E-state index in [1.54, 1.807) is 17.0 Å². The molecule has 2 aromatic heterocycles. The number of aryl methyl sites for hydroxylation is 2. The average molecular weight is 433 g/mol. The summed E-state index contributed by atoms with van der Waals surface area (Å²) in [6.07, 6.45) is 0.647. The van der Waals surface area contributed by atoms with Crippen molar-refractivity contribution < 1.29 is 17.6 Å². The van der Waals surface area contributed by atoms with Gasteiger partial charge in [-0.15, -0.1) is 0 Å². The van der Waals surface area contributed by atoms with E-state index in [-0.39, 0.29) is 6.54 Å². The van der Waals surface area contributed by atoms with Crippen LogP contribution >= 0.6 is 0 Å². The summed E-state index contributed by atoms with van der Waals surface area (Å²) in [7, 11) is 1.87. The molecule has 3 rings (SSSR count). The Labute approximate surface area is 179 Å². The maximum absolute atomic E-state index is 13.0. The average Bonchev–Trinajstić information content (AvgIpc) is 3.38. The molecule has 2 N–H and O–H groups in total. The Balaban J connectivity index is 1.69. The molecule has 166 valence electrons. The van der Waals surface area contributed by atoms with Gasteiger partial charge in [0.25, 0.3) is 0 Å². The van der Waals surface area contributed by atoms with E-state index in [9.17, 15) is 13.2 Å². The van der Waals surface area contributed by atoms with Crippen molar-refractivity contribution >= 4 is 5.96 Å². The largest absolute Gasteiger partial charge is 0.469 e. The van der Waals surface area contributed by atoms with Crippen LogP contribution in [0.3, 0.4) is 0 Å². The highest BCUT2D eigenvalue weighted by molar-refractivity contribution is 5.79. The maximum Gasteiger partial charge on any atom is 0.416 e. The molecule has 0 aliphatic rings. The Hall–Kier alpha value is -3.23. The number of aromatic nitrogens is 2. The molecule has 0 spiro atoms. The van der Waals surface area contributed by atoms with Gasteiger partial charge in [-0.2, -0.15) is 18.3 Å². The first kappa shape index (κ1) is 22.5. The van der Waals surface area contributed by atoms with Gasteiger partial charge in [0.05, 0.1) is 24.1 Å². The van der Waals surface area contributed by atoms with Crippen LogP contribution < -0.4 is 10.6 Å². The van der Waals surface area contributed by atoms with Crippen molar-refractivity contribution in [2.75, 3.05) is 6.54 Å². The molecule has 0 atom stereocenters. The lowest BCUT2D eigenvalue weighted by Gasteiger charge is -2.13. The molecule has 0 saturated heterocycles. The van der Waals surface area contributed by atoms with E-state index in [2.05, 4.69) is 20.7 Å². The number of benzene rings is 1. The molecule has 0 radical (unpaired) electrons. The molecule has 0 unspecified atom stereocenters. The lowest BCUT2D eigenvalue weighted by Crippen LogP contribution is -2.38. The quantitative estimate of drug-likeness (QED) is 0.415. The van der Waals surface area contributed by atoms with E-state index in [1.165, 1.54) is 6.07 Å². The Bertz CT molecular complexity index is 993. The maximum atomic E-state index is 13.0. The molecule has 1 aromatic carbocycles. The molecule has 0 aliphatic heterocycles. The molecule has 3 aromatic rings. The molecule has 0 fully saturated rings. The molecule has 6 nitrogen and oxygen atoms in total. The number of halogens is 3. The summed E-state index contributed by atoms with van der Waals surface area (Å²) in [6, 6.07) is 8.93. The second-order valence-electron chi connectivity index (χ2n) is 7.10. The van der Waals surface area contributed by atoms with Gasteiger partial charge in [0, 0.05) is 38.3 Å². The summed E-state index contributed by atoms with van der Waals surface area (Å²) in [5.74, 6) is 1.35. The van der Waals surface area contributed by atoms with Crippen LogP contribution in [0.2, 0.25) is 0 Å². The molecule has 0 bridgehead atoms. The lowest BCUT2D eigenvalue weighted by atomic mass is 10.1. The van der Waals surface area contributed by atoms with Crippen molar-refractivity contribution in [1.29, 1.82) is 0 Å². The third kappa shape index (κ3) is 6.63. The van der Waals surface area contributed by atoms with Crippen molar-refractivity contribution in [3.05, 3.63) is 77.0 Å². The fourth-order valence-corrected chi connectivity index (χ4v) is 3.16. The number of rotatable bonds is 8. The lowest BCUT2D eigenvalue weighted by molar-refractivity contribution is -0.137. The van der Waals surface area contributed by atoms with Crippen LogP contribution in [-0.2, 0) is 39.2 Å². The van der Waals surface area contributed by atoms with Crippen molar-refractivity contribution in [3.8, 4) is 0 Å². The third-order valence-electron chi connectivity index (χ3n) is 4.69. The van der Waals surface area contributed by atoms with Crippen molar-refractivity contribution in [2.45, 2.75) is 39.0 Å². The number of guanidine groups is 1. The standard InChI is InChI=1S/C22H26F3N5O/c1-3-20-17(15-30(2)29-20)14-28-21(26-10-9-19-8-5-11-31-19)27-13-16-6-4-7-18(12-16)22(23,24)25/h4-8,11-12,15H,3,9-10,13-14H2,1-2H3,(H2,26,27,28). The van der Waals surface area contributed by atoms with Gasteiger partial charge in [-0.25, -0.2) is 4.99 Å². The molecule has 31 heavy (non-hydrogen) atoms. The normalized spacial score (nSPS) is 12.2. The van der Waals surface area contributed by atoms with Gasteiger partial charge in [-0.05, 0) is 36.2 Å². The predicted octanol–water partition coefficient (Wildman–Crippen LogP) is 4.07. The Morgan fingerprint density at radius 2 is 2.03 bits per heavy atom. The second kappa shape index (κ2) is 10.2. The number of nitrogens with one attached hydrogen (secondary N) is 2. The number of alkyl halides is 3. The van der Waals surface area contributed by atoms with Gasteiger partial charge in [0.2, 0.25) is 0 Å². The van der Waals surface area contributed by atoms with Crippen LogP contribution in [0.15, 0.2) is 58.3 Å². The summed E-state index contributed by atoms with van der Waals surface area (Å²) < 4.78 is 46.0. The minimum Gasteiger partial charge on any atom is -0.469 e. The fraction of sp³-hybridized carbons (Fsp3) is 0.364. The first-order valence-corrected chi connectivity index (χ1v) is 10.1. The number of furan rings is 1. The molecule has 0 saturated carbocycles. The van der Waals surface area contributed by atoms with E-state index in [0.29, 0.717) is 31.0 Å². The monoisotopic (exact) mass is 433 g/mol. The van der Waals surface area contributed by atoms with E-state index in [4.69, 9.17) is 4.42 Å². The first-order valence-electron chi connectivity index (χ1n) is 10.1. The summed E-state index contributed by atoms with van der Waals surface area (Å²) in [6.45, 7) is 3.23. The summed E-state index contributed by atoms with van der Waals surface area (Å²) in [4.78, 5) is 4.48. The van der Waals surface area contributed by atoms with E-state index in [1.807, 2.05) is 32.3 Å². The Kier molecular flexibility index (Phi) is 7.38. The van der Waals surface area contributed by atoms with E-state index >= 15 is 0 Å². The van der Waals surface area contributed by atoms with Gasteiger partial charge in [0.15, 0.2) is 5.96 Å². The highest BCUT2D eigenvalue weighted by atomic mass is 19.4. The van der Waals surface area contributed by atoms with Crippen molar-refractivity contribution in [2.24, 2.45) is 12.0 Å². The summed E-state index contributed by atoms with van der Waals surface area (Å²) in [5, 5.41) is 10.9. The molecular weight excluding hydrogens is 407 g/mol. The highest BCUT2D eigenvalue weighted by Crippen LogP contribution is 2.29. The van der Waals surface area contributed by atoms with Crippen LogP contribution in [0.5, 0.6) is 0 Å². The number of aliphatic imine (C=N–C) groups is 1. The zero-order chi connectivity index (χ0) is 22.3. The minimum atomic E-state index is -4.38. The van der Waals surface area contributed by atoms with Gasteiger partial charge in [0.1, 0.15) is 5.76 Å². The summed E-state index contributed by atoms with van der Waals surface area (Å²) >= 11 is 0. The third-order valence-corrected chi connectivity index (χ3v) is 4.69. The van der Waals surface area contributed by atoms with E-state index in [0.717, 1.165) is 35.6 Å².